The quantitative estimate of drug-likeness (QED) is 0.868. The lowest BCUT2D eigenvalue weighted by atomic mass is 9.86. The van der Waals surface area contributed by atoms with Gasteiger partial charge in [0.2, 0.25) is 11.9 Å². The first-order valence-corrected chi connectivity index (χ1v) is 9.14. The first-order valence-electron chi connectivity index (χ1n) is 9.14. The van der Waals surface area contributed by atoms with Crippen molar-refractivity contribution in [1.82, 2.24) is 19.5 Å². The maximum atomic E-state index is 12.5. The fourth-order valence-corrected chi connectivity index (χ4v) is 3.97. The number of rotatable bonds is 3. The third-order valence-corrected chi connectivity index (χ3v) is 5.40. The van der Waals surface area contributed by atoms with Gasteiger partial charge < -0.3 is 9.80 Å². The van der Waals surface area contributed by atoms with E-state index in [1.165, 1.54) is 32.1 Å². The Morgan fingerprint density at radius 3 is 2.62 bits per heavy atom. The average molecular weight is 327 g/mol. The molecular weight excluding hydrogens is 302 g/mol. The first kappa shape index (κ1) is 15.4. The van der Waals surface area contributed by atoms with Gasteiger partial charge in [0.05, 0.1) is 0 Å². The molecule has 0 bridgehead atoms. The van der Waals surface area contributed by atoms with Crippen LogP contribution < -0.4 is 4.90 Å². The van der Waals surface area contributed by atoms with E-state index in [-0.39, 0.29) is 0 Å². The summed E-state index contributed by atoms with van der Waals surface area (Å²) in [6.07, 6.45) is 9.14. The minimum absolute atomic E-state index is 0.340. The third-order valence-electron chi connectivity index (χ3n) is 5.40. The van der Waals surface area contributed by atoms with E-state index < -0.39 is 0 Å². The van der Waals surface area contributed by atoms with Crippen molar-refractivity contribution in [2.45, 2.75) is 38.5 Å². The Morgan fingerprint density at radius 1 is 1.04 bits per heavy atom. The van der Waals surface area contributed by atoms with Crippen LogP contribution in [0.2, 0.25) is 0 Å². The van der Waals surface area contributed by atoms with Crippen LogP contribution in [0.1, 0.15) is 38.5 Å². The van der Waals surface area contributed by atoms with Gasteiger partial charge in [0.1, 0.15) is 0 Å². The maximum absolute atomic E-state index is 12.5. The van der Waals surface area contributed by atoms with Crippen LogP contribution >= 0.6 is 0 Å². The van der Waals surface area contributed by atoms with E-state index in [4.69, 9.17) is 0 Å². The predicted molar refractivity (Wildman–Crippen MR) is 93.0 cm³/mol. The fourth-order valence-electron chi connectivity index (χ4n) is 3.97. The summed E-state index contributed by atoms with van der Waals surface area (Å²) in [5, 5.41) is 8.53. The second kappa shape index (κ2) is 6.79. The molecule has 0 N–H and O–H groups in total. The van der Waals surface area contributed by atoms with Gasteiger partial charge in [0.15, 0.2) is 5.65 Å². The van der Waals surface area contributed by atoms with Gasteiger partial charge in [0, 0.05) is 38.8 Å². The summed E-state index contributed by atoms with van der Waals surface area (Å²) in [6, 6.07) is 5.92. The Morgan fingerprint density at radius 2 is 1.83 bits per heavy atom. The standard InChI is InChI=1S/C18H25N5O/c24-17(14-15-6-2-1-3-7-15)21-10-12-22(13-11-21)18-20-19-16-8-4-5-9-23(16)18/h4-5,8-9,15H,1-3,6-7,10-14H2. The molecule has 6 heteroatoms. The van der Waals surface area contributed by atoms with Crippen LogP contribution in [-0.4, -0.2) is 51.6 Å². The number of aromatic nitrogens is 3. The number of hydrogen-bond acceptors (Lipinski definition) is 4. The number of nitrogens with zero attached hydrogens (tertiary/aromatic N) is 5. The van der Waals surface area contributed by atoms with Crippen molar-refractivity contribution in [2.24, 2.45) is 5.92 Å². The molecule has 2 aromatic rings. The Hall–Kier alpha value is -2.11. The molecule has 0 radical (unpaired) electrons. The van der Waals surface area contributed by atoms with Crippen LogP contribution in [0.5, 0.6) is 0 Å². The Bertz CT molecular complexity index is 698. The number of anilines is 1. The summed E-state index contributed by atoms with van der Waals surface area (Å²) in [6.45, 7) is 3.22. The zero-order valence-corrected chi connectivity index (χ0v) is 14.1. The van der Waals surface area contributed by atoms with Gasteiger partial charge in [-0.15, -0.1) is 10.2 Å². The molecule has 2 aromatic heterocycles. The zero-order valence-electron chi connectivity index (χ0n) is 14.1. The molecule has 1 aliphatic carbocycles. The number of piperazine rings is 1. The highest BCUT2D eigenvalue weighted by Crippen LogP contribution is 2.27. The molecule has 0 spiro atoms. The topological polar surface area (TPSA) is 53.7 Å². The molecule has 1 amide bonds. The largest absolute Gasteiger partial charge is 0.339 e. The highest BCUT2D eigenvalue weighted by molar-refractivity contribution is 5.76. The molecule has 0 atom stereocenters. The van der Waals surface area contributed by atoms with Crippen molar-refractivity contribution >= 4 is 17.5 Å². The molecule has 0 unspecified atom stereocenters. The minimum atomic E-state index is 0.340. The summed E-state index contributed by atoms with van der Waals surface area (Å²) in [5.41, 5.74) is 0.864. The molecule has 24 heavy (non-hydrogen) atoms. The second-order valence-corrected chi connectivity index (χ2v) is 7.00. The summed E-state index contributed by atoms with van der Waals surface area (Å²) < 4.78 is 2.01. The van der Waals surface area contributed by atoms with E-state index in [9.17, 15) is 4.79 Å². The molecule has 1 saturated carbocycles. The second-order valence-electron chi connectivity index (χ2n) is 7.00. The highest BCUT2D eigenvalue weighted by atomic mass is 16.2. The average Bonchev–Trinajstić information content (AvgIpc) is 3.07. The Balaban J connectivity index is 1.35. The fraction of sp³-hybridized carbons (Fsp3) is 0.611. The van der Waals surface area contributed by atoms with Crippen LogP contribution in [0, 0.1) is 5.92 Å². The maximum Gasteiger partial charge on any atom is 0.231 e. The van der Waals surface area contributed by atoms with E-state index in [0.29, 0.717) is 11.8 Å². The van der Waals surface area contributed by atoms with Gasteiger partial charge in [-0.2, -0.15) is 0 Å². The molecule has 3 heterocycles. The van der Waals surface area contributed by atoms with Crippen molar-refractivity contribution < 1.29 is 4.79 Å². The lowest BCUT2D eigenvalue weighted by Gasteiger charge is -2.35. The van der Waals surface area contributed by atoms with Crippen molar-refractivity contribution in [2.75, 3.05) is 31.1 Å². The van der Waals surface area contributed by atoms with Crippen molar-refractivity contribution in [3.8, 4) is 0 Å². The predicted octanol–water partition coefficient (Wildman–Crippen LogP) is 2.35. The van der Waals surface area contributed by atoms with E-state index in [1.807, 2.05) is 33.7 Å². The van der Waals surface area contributed by atoms with Gasteiger partial charge >= 0.3 is 0 Å². The summed E-state index contributed by atoms with van der Waals surface area (Å²) >= 11 is 0. The summed E-state index contributed by atoms with van der Waals surface area (Å²) in [5.74, 6) is 1.84. The smallest absolute Gasteiger partial charge is 0.231 e. The molecule has 6 nitrogen and oxygen atoms in total. The van der Waals surface area contributed by atoms with Gasteiger partial charge in [-0.25, -0.2) is 0 Å². The van der Waals surface area contributed by atoms with Crippen LogP contribution in [0.25, 0.3) is 5.65 Å². The number of carbonyl (C=O) groups excluding carboxylic acids is 1. The van der Waals surface area contributed by atoms with Crippen molar-refractivity contribution in [3.63, 3.8) is 0 Å². The van der Waals surface area contributed by atoms with Gasteiger partial charge in [0.25, 0.3) is 0 Å². The Labute approximate surface area is 142 Å². The normalized spacial score (nSPS) is 19.8. The Kier molecular flexibility index (Phi) is 4.36. The monoisotopic (exact) mass is 327 g/mol. The molecular formula is C18H25N5O. The van der Waals surface area contributed by atoms with Crippen LogP contribution in [0.4, 0.5) is 5.95 Å². The van der Waals surface area contributed by atoms with E-state index in [1.54, 1.807) is 0 Å². The molecule has 1 saturated heterocycles. The summed E-state index contributed by atoms with van der Waals surface area (Å²) in [4.78, 5) is 16.8. The number of hydrogen-bond donors (Lipinski definition) is 0. The van der Waals surface area contributed by atoms with Gasteiger partial charge in [-0.3, -0.25) is 9.20 Å². The number of pyridine rings is 1. The van der Waals surface area contributed by atoms with E-state index in [2.05, 4.69) is 15.1 Å². The van der Waals surface area contributed by atoms with Crippen molar-refractivity contribution in [1.29, 1.82) is 0 Å². The van der Waals surface area contributed by atoms with Gasteiger partial charge in [-0.1, -0.05) is 25.3 Å². The van der Waals surface area contributed by atoms with Crippen LogP contribution in [0.15, 0.2) is 24.4 Å². The van der Waals surface area contributed by atoms with Crippen LogP contribution in [-0.2, 0) is 4.79 Å². The molecule has 2 aliphatic rings. The SMILES string of the molecule is O=C(CC1CCCCC1)N1CCN(c2nnc3ccccn23)CC1. The summed E-state index contributed by atoms with van der Waals surface area (Å²) in [7, 11) is 0. The van der Waals surface area contributed by atoms with E-state index in [0.717, 1.165) is 44.2 Å². The molecule has 2 fully saturated rings. The number of amides is 1. The molecule has 0 aromatic carbocycles. The zero-order chi connectivity index (χ0) is 16.4. The first-order chi connectivity index (χ1) is 11.8. The van der Waals surface area contributed by atoms with Crippen LogP contribution in [0.3, 0.4) is 0 Å². The number of fused-ring (bicyclic) bond motifs is 1. The molecule has 1 aliphatic heterocycles. The van der Waals surface area contributed by atoms with Gasteiger partial charge in [-0.05, 0) is 30.9 Å². The lowest BCUT2D eigenvalue weighted by Crippen LogP contribution is -2.49. The minimum Gasteiger partial charge on any atom is -0.339 e. The molecule has 128 valence electrons. The number of carbonyl (C=O) groups is 1. The lowest BCUT2D eigenvalue weighted by molar-refractivity contribution is -0.132. The third kappa shape index (κ3) is 3.09. The van der Waals surface area contributed by atoms with E-state index >= 15 is 0 Å². The highest BCUT2D eigenvalue weighted by Gasteiger charge is 2.26. The molecule has 4 rings (SSSR count). The van der Waals surface area contributed by atoms with Crippen molar-refractivity contribution in [3.05, 3.63) is 24.4 Å².